The minimum Gasteiger partial charge on any atom is -0.481 e. The van der Waals surface area contributed by atoms with E-state index in [1.807, 2.05) is 0 Å². The van der Waals surface area contributed by atoms with Crippen molar-refractivity contribution in [1.82, 2.24) is 9.97 Å². The van der Waals surface area contributed by atoms with E-state index < -0.39 is 11.9 Å². The molecule has 2 heterocycles. The summed E-state index contributed by atoms with van der Waals surface area (Å²) in [5, 5.41) is 10.4. The summed E-state index contributed by atoms with van der Waals surface area (Å²) in [5.74, 6) is -1.29. The van der Waals surface area contributed by atoms with Crippen LogP contribution in [0.25, 0.3) is 10.7 Å². The van der Waals surface area contributed by atoms with Crippen LogP contribution in [0.3, 0.4) is 0 Å². The van der Waals surface area contributed by atoms with Crippen molar-refractivity contribution < 1.29 is 9.90 Å². The molecule has 1 aliphatic carbocycles. The van der Waals surface area contributed by atoms with Gasteiger partial charge in [-0.1, -0.05) is 11.6 Å². The van der Waals surface area contributed by atoms with Gasteiger partial charge in [0.2, 0.25) is 0 Å². The lowest BCUT2D eigenvalue weighted by atomic mass is 10.1. The minimum absolute atomic E-state index is 0.479. The molecule has 1 unspecified atom stereocenters. The highest BCUT2D eigenvalue weighted by molar-refractivity contribution is 7.15. The molecule has 2 aromatic heterocycles. The molecule has 0 saturated heterocycles. The number of aryl methyl sites for hydroxylation is 1. The number of nitrogens with zero attached hydrogens (tertiary/aromatic N) is 2. The van der Waals surface area contributed by atoms with E-state index in [9.17, 15) is 4.79 Å². The Kier molecular flexibility index (Phi) is 2.80. The second kappa shape index (κ2) is 4.33. The Morgan fingerprint density at radius 1 is 1.56 bits per heavy atom. The number of carboxylic acids is 1. The van der Waals surface area contributed by atoms with E-state index in [1.165, 1.54) is 11.3 Å². The summed E-state index contributed by atoms with van der Waals surface area (Å²) < 4.78 is 0. The summed E-state index contributed by atoms with van der Waals surface area (Å²) in [6, 6.07) is 3.51. The van der Waals surface area contributed by atoms with E-state index in [-0.39, 0.29) is 0 Å². The lowest BCUT2D eigenvalue weighted by Crippen LogP contribution is -2.08. The van der Waals surface area contributed by atoms with E-state index in [0.29, 0.717) is 27.8 Å². The quantitative estimate of drug-likeness (QED) is 0.918. The van der Waals surface area contributed by atoms with Crippen molar-refractivity contribution in [2.24, 2.45) is 0 Å². The van der Waals surface area contributed by atoms with Crippen molar-refractivity contribution in [3.63, 3.8) is 0 Å². The van der Waals surface area contributed by atoms with Gasteiger partial charge >= 0.3 is 5.97 Å². The molecule has 4 nitrogen and oxygen atoms in total. The second-order valence-corrected chi connectivity index (χ2v) is 5.58. The zero-order chi connectivity index (χ0) is 12.7. The van der Waals surface area contributed by atoms with Crippen LogP contribution < -0.4 is 0 Å². The van der Waals surface area contributed by atoms with Gasteiger partial charge in [-0.15, -0.1) is 11.3 Å². The van der Waals surface area contributed by atoms with Crippen molar-refractivity contribution in [3.05, 3.63) is 33.9 Å². The van der Waals surface area contributed by atoms with Crippen LogP contribution in [-0.4, -0.2) is 21.0 Å². The Labute approximate surface area is 112 Å². The normalized spacial score (nSPS) is 17.7. The van der Waals surface area contributed by atoms with Gasteiger partial charge in [0.25, 0.3) is 0 Å². The molecule has 1 N–H and O–H groups in total. The van der Waals surface area contributed by atoms with Crippen LogP contribution in [0.2, 0.25) is 5.02 Å². The van der Waals surface area contributed by atoms with Gasteiger partial charge < -0.3 is 5.11 Å². The first-order valence-corrected chi connectivity index (χ1v) is 6.69. The molecule has 0 aromatic carbocycles. The Morgan fingerprint density at radius 2 is 2.39 bits per heavy atom. The van der Waals surface area contributed by atoms with Gasteiger partial charge in [0, 0.05) is 11.1 Å². The molecule has 1 atom stereocenters. The van der Waals surface area contributed by atoms with E-state index in [4.69, 9.17) is 16.7 Å². The number of pyridine rings is 1. The molecule has 2 aromatic rings. The number of aromatic nitrogens is 2. The fourth-order valence-corrected chi connectivity index (χ4v) is 3.53. The Morgan fingerprint density at radius 3 is 3.11 bits per heavy atom. The molecular weight excluding hydrogens is 272 g/mol. The zero-order valence-electron chi connectivity index (χ0n) is 9.26. The molecule has 92 valence electrons. The first kappa shape index (κ1) is 11.6. The molecule has 6 heteroatoms. The Hall–Kier alpha value is -1.46. The van der Waals surface area contributed by atoms with Crippen LogP contribution in [0.5, 0.6) is 0 Å². The summed E-state index contributed by atoms with van der Waals surface area (Å²) >= 11 is 7.56. The maximum Gasteiger partial charge on any atom is 0.312 e. The molecule has 3 rings (SSSR count). The number of carboxylic acid groups (broad SMARTS) is 1. The number of thiazole rings is 1. The maximum absolute atomic E-state index is 11.1. The standard InChI is InChI=1S/C12H9ClN2O2S/c13-7-2-1-5-14-10(7)11-15-9-6(12(16)17)3-4-8(9)18-11/h1-2,5-6H,3-4H2,(H,16,17). The smallest absolute Gasteiger partial charge is 0.312 e. The molecular formula is C12H9ClN2O2S. The van der Waals surface area contributed by atoms with Crippen molar-refractivity contribution in [1.29, 1.82) is 0 Å². The largest absolute Gasteiger partial charge is 0.481 e. The van der Waals surface area contributed by atoms with Gasteiger partial charge in [-0.2, -0.15) is 0 Å². The first-order chi connectivity index (χ1) is 8.66. The monoisotopic (exact) mass is 280 g/mol. The van der Waals surface area contributed by atoms with Gasteiger partial charge in [-0.25, -0.2) is 4.98 Å². The Bertz CT molecular complexity index is 626. The van der Waals surface area contributed by atoms with Crippen LogP contribution in [0.4, 0.5) is 0 Å². The number of carbonyl (C=O) groups is 1. The summed E-state index contributed by atoms with van der Waals surface area (Å²) in [6.45, 7) is 0. The van der Waals surface area contributed by atoms with Gasteiger partial charge in [0.15, 0.2) is 0 Å². The molecule has 0 fully saturated rings. The highest BCUT2D eigenvalue weighted by Crippen LogP contribution is 2.40. The maximum atomic E-state index is 11.1. The van der Waals surface area contributed by atoms with Crippen LogP contribution in [-0.2, 0) is 11.2 Å². The molecule has 0 radical (unpaired) electrons. The zero-order valence-corrected chi connectivity index (χ0v) is 10.8. The number of rotatable bonds is 2. The highest BCUT2D eigenvalue weighted by atomic mass is 35.5. The third kappa shape index (κ3) is 1.79. The number of aliphatic carboxylic acids is 1. The number of hydrogen-bond acceptors (Lipinski definition) is 4. The van der Waals surface area contributed by atoms with E-state index >= 15 is 0 Å². The predicted octanol–water partition coefficient (Wildman–Crippen LogP) is 2.97. The lowest BCUT2D eigenvalue weighted by molar-refractivity contribution is -0.138. The van der Waals surface area contributed by atoms with E-state index in [1.54, 1.807) is 18.3 Å². The summed E-state index contributed by atoms with van der Waals surface area (Å²) in [6.07, 6.45) is 3.07. The molecule has 0 saturated carbocycles. The molecule has 0 amide bonds. The fourth-order valence-electron chi connectivity index (χ4n) is 2.11. The van der Waals surface area contributed by atoms with Gasteiger partial charge in [0.05, 0.1) is 10.7 Å². The van der Waals surface area contributed by atoms with Crippen LogP contribution in [0.15, 0.2) is 18.3 Å². The predicted molar refractivity (Wildman–Crippen MR) is 69.1 cm³/mol. The molecule has 0 bridgehead atoms. The minimum atomic E-state index is -0.808. The third-order valence-corrected chi connectivity index (χ3v) is 4.42. The van der Waals surface area contributed by atoms with Gasteiger partial charge in [-0.05, 0) is 25.0 Å². The molecule has 1 aliphatic rings. The van der Waals surface area contributed by atoms with Crippen molar-refractivity contribution in [2.45, 2.75) is 18.8 Å². The van der Waals surface area contributed by atoms with Gasteiger partial charge in [0.1, 0.15) is 16.6 Å². The van der Waals surface area contributed by atoms with Crippen LogP contribution in [0.1, 0.15) is 22.9 Å². The number of fused-ring (bicyclic) bond motifs is 1. The molecule has 18 heavy (non-hydrogen) atoms. The summed E-state index contributed by atoms with van der Waals surface area (Å²) in [5.41, 5.74) is 1.31. The number of hydrogen-bond donors (Lipinski definition) is 1. The highest BCUT2D eigenvalue weighted by Gasteiger charge is 2.32. The average Bonchev–Trinajstić information content (AvgIpc) is 2.88. The average molecular weight is 281 g/mol. The molecule has 0 spiro atoms. The first-order valence-electron chi connectivity index (χ1n) is 5.50. The summed E-state index contributed by atoms with van der Waals surface area (Å²) in [7, 11) is 0. The van der Waals surface area contributed by atoms with E-state index in [0.717, 1.165) is 11.3 Å². The SMILES string of the molecule is O=C(O)C1CCc2sc(-c3ncccc3Cl)nc21. The van der Waals surface area contributed by atoms with Crippen LogP contribution >= 0.6 is 22.9 Å². The van der Waals surface area contributed by atoms with Gasteiger partial charge in [-0.3, -0.25) is 9.78 Å². The molecule has 0 aliphatic heterocycles. The second-order valence-electron chi connectivity index (χ2n) is 4.09. The Balaban J connectivity index is 2.05. The summed E-state index contributed by atoms with van der Waals surface area (Å²) in [4.78, 5) is 20.8. The third-order valence-electron chi connectivity index (χ3n) is 2.98. The van der Waals surface area contributed by atoms with Crippen molar-refractivity contribution >= 4 is 28.9 Å². The van der Waals surface area contributed by atoms with Crippen LogP contribution in [0, 0.1) is 0 Å². The fraction of sp³-hybridized carbons (Fsp3) is 0.250. The number of halogens is 1. The van der Waals surface area contributed by atoms with Crippen molar-refractivity contribution in [2.75, 3.05) is 0 Å². The lowest BCUT2D eigenvalue weighted by Gasteiger charge is -2.02. The topological polar surface area (TPSA) is 63.1 Å². The van der Waals surface area contributed by atoms with Crippen molar-refractivity contribution in [3.8, 4) is 10.7 Å². The van der Waals surface area contributed by atoms with E-state index in [2.05, 4.69) is 9.97 Å².